The van der Waals surface area contributed by atoms with Gasteiger partial charge in [-0.05, 0) is 39.0 Å². The van der Waals surface area contributed by atoms with Gasteiger partial charge in [-0.3, -0.25) is 19.8 Å². The molecule has 16 heteroatoms. The minimum atomic E-state index is -3.31. The van der Waals surface area contributed by atoms with Crippen LogP contribution in [0.15, 0.2) is 29.4 Å². The summed E-state index contributed by atoms with van der Waals surface area (Å²) in [5.41, 5.74) is -2.66. The van der Waals surface area contributed by atoms with Gasteiger partial charge in [-0.15, -0.1) is 0 Å². The van der Waals surface area contributed by atoms with Crippen molar-refractivity contribution in [2.24, 2.45) is 4.99 Å². The van der Waals surface area contributed by atoms with Crippen LogP contribution >= 0.6 is 33.7 Å². The van der Waals surface area contributed by atoms with E-state index in [2.05, 4.69) is 30.3 Å². The Hall–Kier alpha value is -2.65. The highest BCUT2D eigenvalue weighted by molar-refractivity contribution is 8.29. The molecule has 10 nitrogen and oxygen atoms in total. The number of amidine groups is 1. The molecule has 0 spiro atoms. The summed E-state index contributed by atoms with van der Waals surface area (Å²) in [7, 11) is -3.31. The number of amides is 2. The summed E-state index contributed by atoms with van der Waals surface area (Å²) in [6, 6.07) is 3.37. The second kappa shape index (κ2) is 9.52. The zero-order chi connectivity index (χ0) is 28.3. The molecule has 0 aliphatic carbocycles. The molecular formula is C22H23Cl2F3N6O4S. The van der Waals surface area contributed by atoms with E-state index in [4.69, 9.17) is 23.2 Å². The van der Waals surface area contributed by atoms with Gasteiger partial charge in [0.15, 0.2) is 0 Å². The molecule has 1 fully saturated rings. The van der Waals surface area contributed by atoms with Crippen molar-refractivity contribution in [1.82, 2.24) is 20.0 Å². The van der Waals surface area contributed by atoms with Crippen LogP contribution in [0.4, 0.5) is 23.8 Å². The molecule has 5 N–H and O–H groups in total. The number of fused-ring (bicyclic) bond motifs is 1. The summed E-state index contributed by atoms with van der Waals surface area (Å²) in [4.78, 5) is 36.7. The van der Waals surface area contributed by atoms with Crippen molar-refractivity contribution >= 4 is 57.4 Å². The van der Waals surface area contributed by atoms with Crippen molar-refractivity contribution in [2.45, 2.75) is 48.7 Å². The third kappa shape index (κ3) is 4.79. The second-order valence-electron chi connectivity index (χ2n) is 9.51. The van der Waals surface area contributed by atoms with Crippen molar-refractivity contribution in [3.05, 3.63) is 51.6 Å². The molecule has 2 aliphatic rings. The molecule has 0 aromatic carbocycles. The topological polar surface area (TPSA) is 149 Å². The molecule has 3 atom stereocenters. The number of nitrogens with one attached hydrogen (secondary N) is 3. The number of aromatic nitrogens is 2. The highest BCUT2D eigenvalue weighted by atomic mass is 35.5. The Bertz CT molecular complexity index is 1370. The van der Waals surface area contributed by atoms with Gasteiger partial charge < -0.3 is 15.0 Å². The van der Waals surface area contributed by atoms with Crippen LogP contribution in [0.3, 0.4) is 0 Å². The van der Waals surface area contributed by atoms with Gasteiger partial charge in [0.2, 0.25) is 0 Å². The Labute approximate surface area is 226 Å². The predicted octanol–water partition coefficient (Wildman–Crippen LogP) is 5.04. The lowest BCUT2D eigenvalue weighted by Crippen LogP contribution is -2.66. The highest BCUT2D eigenvalue weighted by Crippen LogP contribution is 2.68. The van der Waals surface area contributed by atoms with Crippen LogP contribution < -0.4 is 15.4 Å². The Balaban J connectivity index is 1.84. The van der Waals surface area contributed by atoms with Gasteiger partial charge in [-0.25, -0.2) is 27.9 Å². The van der Waals surface area contributed by atoms with Crippen LogP contribution in [-0.4, -0.2) is 59.9 Å². The summed E-state index contributed by atoms with van der Waals surface area (Å²) in [6.07, 6.45) is -1.19. The van der Waals surface area contributed by atoms with Gasteiger partial charge in [0, 0.05) is 12.6 Å². The lowest BCUT2D eigenvalue weighted by Gasteiger charge is -2.62. The maximum Gasteiger partial charge on any atom is 0.410 e. The fourth-order valence-electron chi connectivity index (χ4n) is 4.54. The molecular weight excluding hydrogens is 572 g/mol. The molecule has 2 aromatic rings. The summed E-state index contributed by atoms with van der Waals surface area (Å²) >= 11 is 11.8. The Morgan fingerprint density at radius 1 is 1.21 bits per heavy atom. The number of carbonyl (C=O) groups is 2. The van der Waals surface area contributed by atoms with Crippen LogP contribution in [0.2, 0.25) is 10.0 Å². The maximum atomic E-state index is 15.3. The number of carbonyl (C=O) groups excluding carboxylic acids is 1. The molecule has 0 saturated carbocycles. The number of halogens is 5. The molecule has 206 valence electrons. The van der Waals surface area contributed by atoms with E-state index in [9.17, 15) is 28.0 Å². The van der Waals surface area contributed by atoms with E-state index < -0.39 is 68.4 Å². The fourth-order valence-corrected chi connectivity index (χ4v) is 8.42. The molecule has 0 radical (unpaired) electrons. The Kier molecular flexibility index (Phi) is 7.10. The second-order valence-corrected chi connectivity index (χ2v) is 13.5. The number of anilines is 1. The number of aliphatic imine (C=N–C) groups is 1. The van der Waals surface area contributed by atoms with Crippen LogP contribution in [0.1, 0.15) is 43.4 Å². The minimum absolute atomic E-state index is 0.0584. The average Bonchev–Trinajstić information content (AvgIpc) is 2.80. The lowest BCUT2D eigenvalue weighted by molar-refractivity contribution is -0.0148. The van der Waals surface area contributed by atoms with Crippen molar-refractivity contribution in [2.75, 3.05) is 11.9 Å². The van der Waals surface area contributed by atoms with E-state index in [0.29, 0.717) is 0 Å². The van der Waals surface area contributed by atoms with Gasteiger partial charge in [-0.2, -0.15) is 0 Å². The van der Waals surface area contributed by atoms with Gasteiger partial charge in [0.25, 0.3) is 11.8 Å². The minimum Gasteiger partial charge on any atom is -0.465 e. The smallest absolute Gasteiger partial charge is 0.410 e. The Morgan fingerprint density at radius 2 is 1.89 bits per heavy atom. The number of carboxylic acid groups (broad SMARTS) is 1. The SMILES string of the molecule is CC1(C)C(NC(=O)O)=N[C@](C)(c2nc(NC(=O)c3ncc(Cl)cc3Cl)ccc2F)[C@H]2CC(F)(F)CNS21O. The molecule has 0 bridgehead atoms. The van der Waals surface area contributed by atoms with Gasteiger partial charge >= 0.3 is 6.09 Å². The molecule has 4 heterocycles. The van der Waals surface area contributed by atoms with E-state index >= 15 is 4.39 Å². The van der Waals surface area contributed by atoms with Crippen LogP contribution in [-0.2, 0) is 5.54 Å². The monoisotopic (exact) mass is 594 g/mol. The summed E-state index contributed by atoms with van der Waals surface area (Å²) < 4.78 is 57.5. The standard InChI is InChI=1S/C22H23Cl2F3N6O4S/c1-20(2)18(32-19(35)36)33-21(3,13-7-22(26,27)9-29-38(13,20)37)16-12(25)4-5-14(30-16)31-17(34)15-11(24)6-10(23)8-28-15/h4-6,8,13,29,37H,7,9H2,1-3H3,(H,32,33)(H,35,36)(H,30,31,34)/t13-,21+/m1/s1. The number of hydrogen-bond acceptors (Lipinski definition) is 7. The first-order valence-corrected chi connectivity index (χ1v) is 13.5. The van der Waals surface area contributed by atoms with Gasteiger partial charge in [-0.1, -0.05) is 33.7 Å². The number of rotatable bonds is 3. The molecule has 1 unspecified atom stereocenters. The molecule has 38 heavy (non-hydrogen) atoms. The summed E-state index contributed by atoms with van der Waals surface area (Å²) in [5.74, 6) is -5.51. The zero-order valence-electron chi connectivity index (χ0n) is 20.2. The van der Waals surface area contributed by atoms with Crippen LogP contribution in [0, 0.1) is 5.82 Å². The number of pyridine rings is 2. The van der Waals surface area contributed by atoms with E-state index in [1.54, 1.807) is 0 Å². The zero-order valence-corrected chi connectivity index (χ0v) is 22.5. The first-order valence-electron chi connectivity index (χ1n) is 11.1. The van der Waals surface area contributed by atoms with Crippen LogP contribution in [0.25, 0.3) is 0 Å². The molecule has 2 amide bonds. The van der Waals surface area contributed by atoms with Gasteiger partial charge in [0.1, 0.15) is 34.4 Å². The Morgan fingerprint density at radius 3 is 2.53 bits per heavy atom. The predicted molar refractivity (Wildman–Crippen MR) is 138 cm³/mol. The number of hydrogen-bond donors (Lipinski definition) is 5. The normalized spacial score (nSPS) is 29.3. The molecule has 4 rings (SSSR count). The molecule has 2 aliphatic heterocycles. The average molecular weight is 595 g/mol. The van der Waals surface area contributed by atoms with E-state index in [0.717, 1.165) is 12.1 Å². The van der Waals surface area contributed by atoms with Crippen LogP contribution in [0.5, 0.6) is 0 Å². The third-order valence-corrected chi connectivity index (χ3v) is 10.9. The summed E-state index contributed by atoms with van der Waals surface area (Å²) in [6.45, 7) is 3.34. The summed E-state index contributed by atoms with van der Waals surface area (Å²) in [5, 5.41) is 12.7. The third-order valence-electron chi connectivity index (χ3n) is 6.58. The quantitative estimate of drug-likeness (QED) is 0.334. The first kappa shape index (κ1) is 28.4. The number of nitrogens with zero attached hydrogens (tertiary/aromatic N) is 3. The molecule has 1 saturated heterocycles. The highest BCUT2D eigenvalue weighted by Gasteiger charge is 2.64. The maximum absolute atomic E-state index is 15.3. The van der Waals surface area contributed by atoms with Crippen molar-refractivity contribution in [1.29, 1.82) is 0 Å². The van der Waals surface area contributed by atoms with Crippen molar-refractivity contribution in [3.8, 4) is 0 Å². The first-order chi connectivity index (χ1) is 17.5. The van der Waals surface area contributed by atoms with Crippen molar-refractivity contribution < 1.29 is 32.4 Å². The van der Waals surface area contributed by atoms with E-state index in [1.165, 1.54) is 33.0 Å². The molecule has 2 aromatic heterocycles. The van der Waals surface area contributed by atoms with E-state index in [1.807, 2.05) is 0 Å². The fraction of sp³-hybridized carbons (Fsp3) is 0.409. The van der Waals surface area contributed by atoms with Crippen molar-refractivity contribution in [3.63, 3.8) is 0 Å². The largest absolute Gasteiger partial charge is 0.465 e. The lowest BCUT2D eigenvalue weighted by atomic mass is 9.88. The van der Waals surface area contributed by atoms with Gasteiger partial charge in [0.05, 0.1) is 26.6 Å². The van der Waals surface area contributed by atoms with E-state index in [-0.39, 0.29) is 27.4 Å². The number of alkyl halides is 2.